The SMILES string of the molecule is Cc1ccc(Oc2coc3cc(OC(C)(C)C(=O)O)ccc3c2=O)cc1. The van der Waals surface area contributed by atoms with Gasteiger partial charge in [0, 0.05) is 6.07 Å². The molecule has 3 aromatic rings. The van der Waals surface area contributed by atoms with E-state index in [2.05, 4.69) is 0 Å². The number of fused-ring (bicyclic) bond motifs is 1. The van der Waals surface area contributed by atoms with Crippen LogP contribution in [0, 0.1) is 6.92 Å². The molecule has 6 heteroatoms. The smallest absolute Gasteiger partial charge is 0.347 e. The van der Waals surface area contributed by atoms with Crippen LogP contribution in [0.5, 0.6) is 17.2 Å². The van der Waals surface area contributed by atoms with E-state index in [1.165, 1.54) is 38.3 Å². The van der Waals surface area contributed by atoms with E-state index in [1.54, 1.807) is 12.1 Å². The molecule has 0 aliphatic rings. The van der Waals surface area contributed by atoms with Crippen molar-refractivity contribution < 1.29 is 23.8 Å². The average molecular weight is 354 g/mol. The van der Waals surface area contributed by atoms with Crippen LogP contribution in [0.2, 0.25) is 0 Å². The number of ether oxygens (including phenoxy) is 2. The van der Waals surface area contributed by atoms with Crippen molar-refractivity contribution in [3.63, 3.8) is 0 Å². The number of aryl methyl sites for hydroxylation is 1. The molecular formula is C20H18O6. The van der Waals surface area contributed by atoms with Crippen molar-refractivity contribution in [1.29, 1.82) is 0 Å². The van der Waals surface area contributed by atoms with Crippen molar-refractivity contribution >= 4 is 16.9 Å². The molecule has 1 aromatic heterocycles. The minimum atomic E-state index is -1.40. The fourth-order valence-electron chi connectivity index (χ4n) is 2.30. The van der Waals surface area contributed by atoms with E-state index in [9.17, 15) is 9.59 Å². The van der Waals surface area contributed by atoms with Gasteiger partial charge in [0.2, 0.25) is 11.2 Å². The van der Waals surface area contributed by atoms with Crippen LogP contribution in [0.25, 0.3) is 11.0 Å². The van der Waals surface area contributed by atoms with Gasteiger partial charge in [0.25, 0.3) is 0 Å². The van der Waals surface area contributed by atoms with Gasteiger partial charge in [-0.05, 0) is 45.0 Å². The van der Waals surface area contributed by atoms with Crippen LogP contribution in [0.15, 0.2) is 57.9 Å². The third-order valence-corrected chi connectivity index (χ3v) is 3.85. The topological polar surface area (TPSA) is 86.0 Å². The van der Waals surface area contributed by atoms with E-state index in [4.69, 9.17) is 19.0 Å². The predicted molar refractivity (Wildman–Crippen MR) is 96.1 cm³/mol. The summed E-state index contributed by atoms with van der Waals surface area (Å²) in [5, 5.41) is 9.45. The molecule has 134 valence electrons. The molecule has 1 heterocycles. The molecule has 2 aromatic carbocycles. The number of aliphatic carboxylic acids is 1. The maximum absolute atomic E-state index is 12.6. The van der Waals surface area contributed by atoms with Gasteiger partial charge in [0.1, 0.15) is 23.3 Å². The molecule has 0 spiro atoms. The zero-order valence-corrected chi connectivity index (χ0v) is 14.6. The predicted octanol–water partition coefficient (Wildman–Crippen LogP) is 4.14. The van der Waals surface area contributed by atoms with Crippen LogP contribution in [0.3, 0.4) is 0 Å². The molecule has 0 saturated carbocycles. The molecule has 0 saturated heterocycles. The zero-order valence-electron chi connectivity index (χ0n) is 14.6. The summed E-state index contributed by atoms with van der Waals surface area (Å²) in [5.41, 5.74) is -0.358. The van der Waals surface area contributed by atoms with Crippen LogP contribution in [0.1, 0.15) is 19.4 Å². The highest BCUT2D eigenvalue weighted by molar-refractivity contribution is 5.80. The molecular weight excluding hydrogens is 336 g/mol. The van der Waals surface area contributed by atoms with Crippen molar-refractivity contribution in [3.05, 3.63) is 64.5 Å². The molecule has 6 nitrogen and oxygen atoms in total. The monoisotopic (exact) mass is 354 g/mol. The first-order chi connectivity index (χ1) is 12.3. The highest BCUT2D eigenvalue weighted by atomic mass is 16.5. The summed E-state index contributed by atoms with van der Waals surface area (Å²) in [6.45, 7) is 4.84. The summed E-state index contributed by atoms with van der Waals surface area (Å²) < 4.78 is 16.5. The van der Waals surface area contributed by atoms with Crippen molar-refractivity contribution in [2.24, 2.45) is 0 Å². The third-order valence-electron chi connectivity index (χ3n) is 3.85. The van der Waals surface area contributed by atoms with E-state index in [1.807, 2.05) is 19.1 Å². The number of carboxylic acid groups (broad SMARTS) is 1. The zero-order chi connectivity index (χ0) is 18.9. The Balaban J connectivity index is 1.92. The molecule has 0 bridgehead atoms. The van der Waals surface area contributed by atoms with Gasteiger partial charge in [-0.3, -0.25) is 4.79 Å². The largest absolute Gasteiger partial charge is 0.478 e. The molecule has 0 amide bonds. The maximum Gasteiger partial charge on any atom is 0.347 e. The summed E-state index contributed by atoms with van der Waals surface area (Å²) in [4.78, 5) is 23.8. The Hall–Kier alpha value is -3.28. The van der Waals surface area contributed by atoms with Crippen molar-refractivity contribution in [2.75, 3.05) is 0 Å². The summed E-state index contributed by atoms with van der Waals surface area (Å²) in [7, 11) is 0. The minimum Gasteiger partial charge on any atom is -0.478 e. The third kappa shape index (κ3) is 3.54. The normalized spacial score (nSPS) is 11.3. The van der Waals surface area contributed by atoms with Gasteiger partial charge in [-0.25, -0.2) is 4.79 Å². The summed E-state index contributed by atoms with van der Waals surface area (Å²) in [6, 6.07) is 11.8. The number of benzene rings is 2. The van der Waals surface area contributed by atoms with E-state index in [-0.39, 0.29) is 16.8 Å². The molecule has 0 unspecified atom stereocenters. The van der Waals surface area contributed by atoms with E-state index in [0.29, 0.717) is 16.9 Å². The molecule has 26 heavy (non-hydrogen) atoms. The quantitative estimate of drug-likeness (QED) is 0.741. The number of hydrogen-bond acceptors (Lipinski definition) is 5. The first kappa shape index (κ1) is 17.5. The van der Waals surface area contributed by atoms with Crippen molar-refractivity contribution in [3.8, 4) is 17.2 Å². The lowest BCUT2D eigenvalue weighted by molar-refractivity contribution is -0.152. The van der Waals surface area contributed by atoms with Gasteiger partial charge >= 0.3 is 5.97 Å². The van der Waals surface area contributed by atoms with Crippen LogP contribution in [-0.2, 0) is 4.79 Å². The molecule has 1 N–H and O–H groups in total. The Morgan fingerprint density at radius 1 is 1.08 bits per heavy atom. The minimum absolute atomic E-state index is 0.0703. The lowest BCUT2D eigenvalue weighted by atomic mass is 10.1. The van der Waals surface area contributed by atoms with Crippen LogP contribution in [0.4, 0.5) is 0 Å². The highest BCUT2D eigenvalue weighted by Crippen LogP contribution is 2.26. The first-order valence-electron chi connectivity index (χ1n) is 7.99. The molecule has 0 radical (unpaired) electrons. The molecule has 0 aliphatic heterocycles. The Kier molecular flexibility index (Phi) is 4.42. The second-order valence-corrected chi connectivity index (χ2v) is 6.42. The van der Waals surface area contributed by atoms with Gasteiger partial charge in [-0.2, -0.15) is 0 Å². The maximum atomic E-state index is 12.6. The fourth-order valence-corrected chi connectivity index (χ4v) is 2.30. The first-order valence-corrected chi connectivity index (χ1v) is 7.99. The number of hydrogen-bond donors (Lipinski definition) is 1. The number of carbonyl (C=O) groups is 1. The summed E-state index contributed by atoms with van der Waals surface area (Å²) in [5.74, 6) is -0.201. The Bertz CT molecular complexity index is 1010. The second-order valence-electron chi connectivity index (χ2n) is 6.42. The van der Waals surface area contributed by atoms with Gasteiger partial charge in [0.15, 0.2) is 5.60 Å². The van der Waals surface area contributed by atoms with E-state index < -0.39 is 11.6 Å². The molecule has 3 rings (SSSR count). The highest BCUT2D eigenvalue weighted by Gasteiger charge is 2.29. The lowest BCUT2D eigenvalue weighted by Gasteiger charge is -2.21. The standard InChI is InChI=1S/C20H18O6/c1-12-4-6-13(7-5-12)25-17-11-24-16-10-14(8-9-15(16)18(17)21)26-20(2,3)19(22)23/h4-11H,1-3H3,(H,22,23). The van der Waals surface area contributed by atoms with Gasteiger partial charge in [0.05, 0.1) is 5.39 Å². The van der Waals surface area contributed by atoms with E-state index in [0.717, 1.165) is 5.56 Å². The van der Waals surface area contributed by atoms with E-state index >= 15 is 0 Å². The van der Waals surface area contributed by atoms with Crippen molar-refractivity contribution in [1.82, 2.24) is 0 Å². The number of carboxylic acids is 1. The summed E-state index contributed by atoms with van der Waals surface area (Å²) in [6.07, 6.45) is 1.23. The lowest BCUT2D eigenvalue weighted by Crippen LogP contribution is -2.37. The second kappa shape index (κ2) is 6.55. The van der Waals surface area contributed by atoms with Crippen LogP contribution in [-0.4, -0.2) is 16.7 Å². The number of rotatable bonds is 5. The van der Waals surface area contributed by atoms with Crippen LogP contribution < -0.4 is 14.9 Å². The Labute approximate surface area is 149 Å². The fraction of sp³-hybridized carbons (Fsp3) is 0.200. The van der Waals surface area contributed by atoms with Crippen LogP contribution >= 0.6 is 0 Å². The molecule has 0 fully saturated rings. The Morgan fingerprint density at radius 2 is 1.73 bits per heavy atom. The van der Waals surface area contributed by atoms with Gasteiger partial charge < -0.3 is 19.0 Å². The van der Waals surface area contributed by atoms with Gasteiger partial charge in [-0.15, -0.1) is 0 Å². The Morgan fingerprint density at radius 3 is 2.38 bits per heavy atom. The molecule has 0 aliphatic carbocycles. The van der Waals surface area contributed by atoms with Gasteiger partial charge in [-0.1, -0.05) is 17.7 Å². The molecule has 0 atom stereocenters. The van der Waals surface area contributed by atoms with Crippen molar-refractivity contribution in [2.45, 2.75) is 26.4 Å². The summed E-state index contributed by atoms with van der Waals surface area (Å²) >= 11 is 0. The average Bonchev–Trinajstić information content (AvgIpc) is 2.59.